The van der Waals surface area contributed by atoms with E-state index in [1.807, 2.05) is 24.0 Å². The molecular weight excluding hydrogens is 411 g/mol. The first-order valence-corrected chi connectivity index (χ1v) is 9.96. The van der Waals surface area contributed by atoms with E-state index < -0.39 is 11.7 Å². The van der Waals surface area contributed by atoms with Crippen LogP contribution in [0.4, 0.5) is 24.5 Å². The number of carbonyl (C=O) groups excluding carboxylic acids is 2. The number of amides is 2. The van der Waals surface area contributed by atoms with Gasteiger partial charge < -0.3 is 14.5 Å². The summed E-state index contributed by atoms with van der Waals surface area (Å²) < 4.78 is 44.4. The number of carbonyl (C=O) groups is 2. The van der Waals surface area contributed by atoms with Crippen LogP contribution in [0.25, 0.3) is 0 Å². The van der Waals surface area contributed by atoms with Gasteiger partial charge in [-0.2, -0.15) is 13.2 Å². The molecule has 0 bridgehead atoms. The molecule has 2 aliphatic rings. The minimum absolute atomic E-state index is 0.0950. The van der Waals surface area contributed by atoms with Crippen molar-refractivity contribution in [1.82, 2.24) is 4.90 Å². The van der Waals surface area contributed by atoms with E-state index in [4.69, 9.17) is 4.74 Å². The normalized spacial score (nSPS) is 16.8. The van der Waals surface area contributed by atoms with Gasteiger partial charge in [-0.15, -0.1) is 0 Å². The van der Waals surface area contributed by atoms with E-state index >= 15 is 0 Å². The molecule has 2 aliphatic heterocycles. The van der Waals surface area contributed by atoms with Gasteiger partial charge in [-0.1, -0.05) is 12.1 Å². The fourth-order valence-corrected chi connectivity index (χ4v) is 3.81. The summed E-state index contributed by atoms with van der Waals surface area (Å²) in [5.74, 6) is 0.0767. The number of hydrogen-bond donors (Lipinski definition) is 0. The molecule has 164 valence electrons. The lowest BCUT2D eigenvalue weighted by atomic mass is 10.1. The predicted molar refractivity (Wildman–Crippen MR) is 109 cm³/mol. The van der Waals surface area contributed by atoms with Crippen LogP contribution in [0, 0.1) is 6.92 Å². The summed E-state index contributed by atoms with van der Waals surface area (Å²) >= 11 is 0. The molecular formula is C22H22F3N3O3. The van der Waals surface area contributed by atoms with Crippen LogP contribution in [0.15, 0.2) is 42.5 Å². The van der Waals surface area contributed by atoms with E-state index in [-0.39, 0.29) is 25.0 Å². The van der Waals surface area contributed by atoms with Crippen molar-refractivity contribution < 1.29 is 27.5 Å². The molecule has 2 amide bonds. The fourth-order valence-electron chi connectivity index (χ4n) is 3.81. The van der Waals surface area contributed by atoms with Gasteiger partial charge >= 0.3 is 6.18 Å². The fraction of sp³-hybridized carbons (Fsp3) is 0.364. The first kappa shape index (κ1) is 21.0. The van der Waals surface area contributed by atoms with Crippen LogP contribution in [0.1, 0.15) is 11.1 Å². The summed E-state index contributed by atoms with van der Waals surface area (Å²) in [6, 6.07) is 10.7. The van der Waals surface area contributed by atoms with E-state index in [1.54, 1.807) is 17.0 Å². The Bertz CT molecular complexity index is 1000. The molecule has 2 heterocycles. The van der Waals surface area contributed by atoms with E-state index in [1.165, 1.54) is 11.0 Å². The van der Waals surface area contributed by atoms with Crippen LogP contribution in [0.5, 0.6) is 5.75 Å². The van der Waals surface area contributed by atoms with Crippen molar-refractivity contribution in [3.63, 3.8) is 0 Å². The SMILES string of the molecule is Cc1ccc2c(c1)N(CC(=O)N1CCN(c3cccc(C(F)(F)F)c3)CC1)C(=O)CO2. The van der Waals surface area contributed by atoms with Gasteiger partial charge in [-0.3, -0.25) is 14.5 Å². The molecule has 31 heavy (non-hydrogen) atoms. The summed E-state index contributed by atoms with van der Waals surface area (Å²) in [4.78, 5) is 30.1. The number of hydrogen-bond acceptors (Lipinski definition) is 4. The number of anilines is 2. The number of piperazine rings is 1. The number of benzene rings is 2. The van der Waals surface area contributed by atoms with Gasteiger partial charge in [-0.05, 0) is 42.8 Å². The quantitative estimate of drug-likeness (QED) is 0.747. The van der Waals surface area contributed by atoms with Crippen LogP contribution in [-0.4, -0.2) is 56.0 Å². The Balaban J connectivity index is 1.41. The topological polar surface area (TPSA) is 53.1 Å². The molecule has 1 fully saturated rings. The molecule has 0 saturated carbocycles. The molecule has 9 heteroatoms. The molecule has 0 radical (unpaired) electrons. The number of alkyl halides is 3. The largest absolute Gasteiger partial charge is 0.482 e. The van der Waals surface area contributed by atoms with Crippen molar-refractivity contribution in [2.45, 2.75) is 13.1 Å². The Morgan fingerprint density at radius 2 is 1.81 bits per heavy atom. The lowest BCUT2D eigenvalue weighted by molar-refractivity contribution is -0.137. The highest BCUT2D eigenvalue weighted by atomic mass is 19.4. The average molecular weight is 433 g/mol. The van der Waals surface area contributed by atoms with E-state index in [9.17, 15) is 22.8 Å². The molecule has 6 nitrogen and oxygen atoms in total. The summed E-state index contributed by atoms with van der Waals surface area (Å²) in [7, 11) is 0. The van der Waals surface area contributed by atoms with Crippen molar-refractivity contribution >= 4 is 23.2 Å². The van der Waals surface area contributed by atoms with Gasteiger partial charge in [0.15, 0.2) is 6.61 Å². The molecule has 2 aromatic rings. The van der Waals surface area contributed by atoms with Crippen molar-refractivity contribution in [3.05, 3.63) is 53.6 Å². The second-order valence-electron chi connectivity index (χ2n) is 7.66. The third kappa shape index (κ3) is 4.45. The van der Waals surface area contributed by atoms with Crippen molar-refractivity contribution in [1.29, 1.82) is 0 Å². The second-order valence-corrected chi connectivity index (χ2v) is 7.66. The molecule has 2 aromatic carbocycles. The zero-order valence-electron chi connectivity index (χ0n) is 17.0. The number of rotatable bonds is 3. The van der Waals surface area contributed by atoms with Crippen molar-refractivity contribution in [2.24, 2.45) is 0 Å². The van der Waals surface area contributed by atoms with Crippen LogP contribution in [0.3, 0.4) is 0 Å². The lowest BCUT2D eigenvalue weighted by Crippen LogP contribution is -2.53. The minimum Gasteiger partial charge on any atom is -0.482 e. The molecule has 1 saturated heterocycles. The number of fused-ring (bicyclic) bond motifs is 1. The molecule has 0 aromatic heterocycles. The minimum atomic E-state index is -4.40. The summed E-state index contributed by atoms with van der Waals surface area (Å²) in [6.45, 7) is 3.25. The van der Waals surface area contributed by atoms with Gasteiger partial charge in [0.05, 0.1) is 11.3 Å². The highest BCUT2D eigenvalue weighted by Gasteiger charge is 2.32. The van der Waals surface area contributed by atoms with Gasteiger partial charge in [-0.25, -0.2) is 0 Å². The van der Waals surface area contributed by atoms with E-state index in [2.05, 4.69) is 0 Å². The summed E-state index contributed by atoms with van der Waals surface area (Å²) in [5.41, 5.74) is 1.31. The second kappa shape index (κ2) is 8.13. The third-order valence-electron chi connectivity index (χ3n) is 5.52. The van der Waals surface area contributed by atoms with Gasteiger partial charge in [0, 0.05) is 31.9 Å². The highest BCUT2D eigenvalue weighted by Crippen LogP contribution is 2.33. The third-order valence-corrected chi connectivity index (χ3v) is 5.52. The number of aryl methyl sites for hydroxylation is 1. The molecule has 0 aliphatic carbocycles. The number of nitrogens with zero attached hydrogens (tertiary/aromatic N) is 3. The zero-order valence-corrected chi connectivity index (χ0v) is 17.0. The first-order chi connectivity index (χ1) is 14.7. The monoisotopic (exact) mass is 433 g/mol. The Hall–Kier alpha value is -3.23. The lowest BCUT2D eigenvalue weighted by Gasteiger charge is -2.37. The molecule has 0 spiro atoms. The van der Waals surface area contributed by atoms with Gasteiger partial charge in [0.1, 0.15) is 12.3 Å². The predicted octanol–water partition coefficient (Wildman–Crippen LogP) is 3.09. The maximum Gasteiger partial charge on any atom is 0.416 e. The van der Waals surface area contributed by atoms with Crippen LogP contribution in [0.2, 0.25) is 0 Å². The first-order valence-electron chi connectivity index (χ1n) is 9.96. The average Bonchev–Trinajstić information content (AvgIpc) is 2.75. The Labute approximate surface area is 177 Å². The zero-order chi connectivity index (χ0) is 22.2. The van der Waals surface area contributed by atoms with Crippen molar-refractivity contribution in [2.75, 3.05) is 49.1 Å². The summed E-state index contributed by atoms with van der Waals surface area (Å²) in [5, 5.41) is 0. The van der Waals surface area contributed by atoms with E-state index in [0.29, 0.717) is 43.3 Å². The Morgan fingerprint density at radius 3 is 2.52 bits per heavy atom. The van der Waals surface area contributed by atoms with Crippen LogP contribution >= 0.6 is 0 Å². The highest BCUT2D eigenvalue weighted by molar-refractivity contribution is 6.02. The molecule has 0 unspecified atom stereocenters. The molecule has 0 atom stereocenters. The Morgan fingerprint density at radius 1 is 1.06 bits per heavy atom. The van der Waals surface area contributed by atoms with Crippen LogP contribution in [-0.2, 0) is 15.8 Å². The smallest absolute Gasteiger partial charge is 0.416 e. The molecule has 4 rings (SSSR count). The molecule has 0 N–H and O–H groups in total. The number of halogens is 3. The maximum atomic E-state index is 13.0. The number of ether oxygens (including phenoxy) is 1. The summed E-state index contributed by atoms with van der Waals surface area (Å²) in [6.07, 6.45) is -4.40. The maximum absolute atomic E-state index is 13.0. The van der Waals surface area contributed by atoms with Crippen LogP contribution < -0.4 is 14.5 Å². The van der Waals surface area contributed by atoms with Gasteiger partial charge in [0.25, 0.3) is 5.91 Å². The van der Waals surface area contributed by atoms with Crippen molar-refractivity contribution in [3.8, 4) is 5.75 Å². The standard InChI is InChI=1S/C22H22F3N3O3/c1-15-5-6-19-18(11-15)28(21(30)14-31-19)13-20(29)27-9-7-26(8-10-27)17-4-2-3-16(12-17)22(23,24)25/h2-6,11-12H,7-10,13-14H2,1H3. The van der Waals surface area contributed by atoms with Gasteiger partial charge in [0.2, 0.25) is 5.91 Å². The Kier molecular flexibility index (Phi) is 5.51. The van der Waals surface area contributed by atoms with E-state index in [0.717, 1.165) is 17.7 Å².